The summed E-state index contributed by atoms with van der Waals surface area (Å²) in [6.45, 7) is 4.95. The van der Waals surface area contributed by atoms with Crippen LogP contribution >= 0.6 is 18.7 Å². The summed E-state index contributed by atoms with van der Waals surface area (Å²) in [5, 5.41) is 0.781. The highest BCUT2D eigenvalue weighted by atomic mass is 32.2. The van der Waals surface area contributed by atoms with Crippen molar-refractivity contribution < 1.29 is 22.3 Å². The fraction of sp³-hybridized carbons (Fsp3) is 0.560. The lowest BCUT2D eigenvalue weighted by atomic mass is 9.84. The van der Waals surface area contributed by atoms with E-state index in [0.29, 0.717) is 25.3 Å². The Morgan fingerprint density at radius 1 is 1.18 bits per heavy atom. The summed E-state index contributed by atoms with van der Waals surface area (Å²) in [7, 11) is -5.50. The van der Waals surface area contributed by atoms with E-state index in [0.717, 1.165) is 34.7 Å². The maximum Gasteiger partial charge on any atom is 0.175 e. The highest BCUT2D eigenvalue weighted by molar-refractivity contribution is 7.90. The van der Waals surface area contributed by atoms with Gasteiger partial charge in [-0.15, -0.1) is 11.3 Å². The second-order valence-corrected chi connectivity index (χ2v) is 14.6. The average Bonchev–Trinajstić information content (AvgIpc) is 3.43. The zero-order chi connectivity index (χ0) is 24.8. The molecule has 1 aromatic heterocycles. The van der Waals surface area contributed by atoms with Crippen molar-refractivity contribution in [3.63, 3.8) is 0 Å². The second-order valence-electron chi connectivity index (χ2n) is 8.95. The van der Waals surface area contributed by atoms with Crippen molar-refractivity contribution in [2.75, 3.05) is 19.5 Å². The van der Waals surface area contributed by atoms with Gasteiger partial charge in [0.25, 0.3) is 0 Å². The molecule has 2 aromatic rings. The number of aromatic nitrogens is 1. The van der Waals surface area contributed by atoms with E-state index in [1.807, 2.05) is 13.8 Å². The van der Waals surface area contributed by atoms with Crippen molar-refractivity contribution in [1.29, 1.82) is 0 Å². The Morgan fingerprint density at radius 3 is 2.35 bits per heavy atom. The minimum Gasteiger partial charge on any atom is -0.337 e. The first kappa shape index (κ1) is 27.3. The fourth-order valence-electron chi connectivity index (χ4n) is 4.59. The summed E-state index contributed by atoms with van der Waals surface area (Å²) in [6, 6.07) is 6.82. The van der Waals surface area contributed by atoms with Gasteiger partial charge in [0.1, 0.15) is 18.1 Å². The van der Waals surface area contributed by atoms with Gasteiger partial charge in [0.2, 0.25) is 0 Å². The van der Waals surface area contributed by atoms with Gasteiger partial charge in [-0.2, -0.15) is 0 Å². The quantitative estimate of drug-likeness (QED) is 0.304. The first-order valence-corrected chi connectivity index (χ1v) is 16.6. The van der Waals surface area contributed by atoms with E-state index >= 15 is 0 Å². The highest BCUT2D eigenvalue weighted by Crippen LogP contribution is 2.51. The lowest BCUT2D eigenvalue weighted by Crippen LogP contribution is -2.18. The third-order valence-electron chi connectivity index (χ3n) is 6.20. The molecule has 1 aliphatic carbocycles. The molecule has 0 spiro atoms. The van der Waals surface area contributed by atoms with E-state index < -0.39 is 17.2 Å². The third-order valence-corrected chi connectivity index (χ3v) is 10.8. The Hall–Kier alpha value is -1.31. The molecule has 0 saturated heterocycles. The molecule has 1 atom stereocenters. The van der Waals surface area contributed by atoms with Crippen LogP contribution in [0.15, 0.2) is 35.4 Å². The van der Waals surface area contributed by atoms with Gasteiger partial charge < -0.3 is 9.05 Å². The summed E-state index contributed by atoms with van der Waals surface area (Å²) in [6.07, 6.45) is 13.6. The topological polar surface area (TPSA) is 82.6 Å². The first-order chi connectivity index (χ1) is 16.1. The fourth-order valence-corrected chi connectivity index (χ4v) is 8.55. The number of hydrogen-bond acceptors (Lipinski definition) is 7. The van der Waals surface area contributed by atoms with E-state index in [9.17, 15) is 13.2 Å². The van der Waals surface area contributed by atoms with Crippen LogP contribution in [0, 0.1) is 5.92 Å². The van der Waals surface area contributed by atoms with Gasteiger partial charge in [-0.3, -0.25) is 4.79 Å². The largest absolute Gasteiger partial charge is 0.337 e. The molecule has 0 N–H and O–H groups in total. The molecule has 6 nitrogen and oxygen atoms in total. The van der Waals surface area contributed by atoms with Crippen LogP contribution in [0.1, 0.15) is 67.3 Å². The Balaban J connectivity index is 1.76. The molecule has 0 aliphatic heterocycles. The number of nitrogens with zero attached hydrogens (tertiary/aromatic N) is 1. The number of carbonyl (C=O) groups is 1. The molecule has 0 unspecified atom stereocenters. The lowest BCUT2D eigenvalue weighted by molar-refractivity contribution is -0.120. The van der Waals surface area contributed by atoms with E-state index in [1.165, 1.54) is 30.4 Å². The van der Waals surface area contributed by atoms with Crippen molar-refractivity contribution in [2.45, 2.75) is 69.3 Å². The number of hydrogen-bond donors (Lipinski definition) is 0. The van der Waals surface area contributed by atoms with Crippen molar-refractivity contribution in [2.24, 2.45) is 5.92 Å². The van der Waals surface area contributed by atoms with Crippen LogP contribution in [0.5, 0.6) is 0 Å². The number of ketones is 1. The molecule has 0 bridgehead atoms. The first-order valence-electron chi connectivity index (χ1n) is 11.9. The highest BCUT2D eigenvalue weighted by Gasteiger charge is 2.28. The smallest absolute Gasteiger partial charge is 0.175 e. The molecule has 1 saturated carbocycles. The van der Waals surface area contributed by atoms with Gasteiger partial charge in [0.05, 0.1) is 24.5 Å². The summed E-state index contributed by atoms with van der Waals surface area (Å²) >= 11 is 1.52. The van der Waals surface area contributed by atoms with Crippen LogP contribution in [0.2, 0.25) is 0 Å². The maximum atomic E-state index is 13.5. The predicted molar refractivity (Wildman–Crippen MR) is 141 cm³/mol. The van der Waals surface area contributed by atoms with Gasteiger partial charge in [-0.25, -0.2) is 13.4 Å². The standard InChI is InChI=1S/C25H36NO5PS2/c1-5-30-32(3,31-6-2)18-21-17-26-25(33-21)16-24(27)23(15-19-9-7-8-10-19)20-11-13-22(14-12-20)34(4,28)29/h11-14,17,19,23H,3,5-10,15-16,18H2,1-2,4H3/t23-/m1/s1. The Morgan fingerprint density at radius 2 is 1.79 bits per heavy atom. The number of carbonyl (C=O) groups excluding carboxylic acids is 1. The number of sulfone groups is 1. The molecular weight excluding hydrogens is 489 g/mol. The van der Waals surface area contributed by atoms with Gasteiger partial charge >= 0.3 is 0 Å². The van der Waals surface area contributed by atoms with Crippen molar-refractivity contribution in [1.82, 2.24) is 4.98 Å². The second kappa shape index (κ2) is 12.1. The van der Waals surface area contributed by atoms with E-state index in [4.69, 9.17) is 9.05 Å². The molecule has 1 fully saturated rings. The summed E-state index contributed by atoms with van der Waals surface area (Å²) in [5.74, 6) is 0.407. The predicted octanol–water partition coefficient (Wildman–Crippen LogP) is 5.87. The molecule has 0 amide bonds. The van der Waals surface area contributed by atoms with Gasteiger partial charge in [0.15, 0.2) is 9.84 Å². The molecule has 1 heterocycles. The zero-order valence-electron chi connectivity index (χ0n) is 20.4. The molecule has 9 heteroatoms. The van der Waals surface area contributed by atoms with Crippen molar-refractivity contribution in [3.8, 4) is 0 Å². The lowest BCUT2D eigenvalue weighted by Gasteiger charge is -2.22. The summed E-state index contributed by atoms with van der Waals surface area (Å²) in [5.41, 5.74) is 0.886. The molecule has 1 aromatic carbocycles. The number of benzene rings is 1. The normalized spacial score (nSPS) is 16.1. The molecule has 1 aliphatic rings. The van der Waals surface area contributed by atoms with Gasteiger partial charge in [-0.1, -0.05) is 44.1 Å². The molecule has 0 radical (unpaired) electrons. The summed E-state index contributed by atoms with van der Waals surface area (Å²) < 4.78 is 35.3. The third kappa shape index (κ3) is 7.59. The van der Waals surface area contributed by atoms with Crippen LogP contribution in [0.25, 0.3) is 0 Å². The molecule has 188 valence electrons. The number of thiazole rings is 1. The number of rotatable bonds is 13. The Labute approximate surface area is 208 Å². The van der Waals surface area contributed by atoms with Crippen molar-refractivity contribution >= 4 is 40.6 Å². The van der Waals surface area contributed by atoms with Crippen LogP contribution in [0.4, 0.5) is 0 Å². The minimum atomic E-state index is -3.27. The maximum absolute atomic E-state index is 13.5. The average molecular weight is 526 g/mol. The van der Waals surface area contributed by atoms with Crippen molar-refractivity contribution in [3.05, 3.63) is 45.9 Å². The van der Waals surface area contributed by atoms with Crippen LogP contribution in [-0.4, -0.2) is 45.0 Å². The summed E-state index contributed by atoms with van der Waals surface area (Å²) in [4.78, 5) is 19.3. The number of Topliss-reactive ketones (excluding diaryl/α,β-unsaturated/α-hetero) is 1. The van der Waals surface area contributed by atoms with Crippen LogP contribution in [0.3, 0.4) is 0 Å². The van der Waals surface area contributed by atoms with Crippen LogP contribution < -0.4 is 0 Å². The van der Waals surface area contributed by atoms with Crippen LogP contribution in [-0.2, 0) is 36.3 Å². The zero-order valence-corrected chi connectivity index (χ0v) is 22.9. The van der Waals surface area contributed by atoms with Gasteiger partial charge in [0, 0.05) is 29.4 Å². The van der Waals surface area contributed by atoms with E-state index in [2.05, 4.69) is 11.3 Å². The Bertz CT molecular complexity index is 1090. The van der Waals surface area contributed by atoms with Gasteiger partial charge in [-0.05, 0) is 43.9 Å². The molecule has 34 heavy (non-hydrogen) atoms. The monoisotopic (exact) mass is 525 g/mol. The Kier molecular flexibility index (Phi) is 9.70. The SMILES string of the molecule is C=P(Cc1cnc(CC(=O)[C@H](CC2CCCC2)c2ccc(S(C)(=O)=O)cc2)s1)(OCC)OCC. The molecule has 3 rings (SSSR count). The van der Waals surface area contributed by atoms with E-state index in [-0.39, 0.29) is 23.0 Å². The van der Waals surface area contributed by atoms with E-state index in [1.54, 1.807) is 30.5 Å². The minimum absolute atomic E-state index is 0.130. The molecular formula is C25H36NO5PS2.